The molecule has 0 saturated carbocycles. The Hall–Kier alpha value is -3.54. The Labute approximate surface area is 170 Å². The Morgan fingerprint density at radius 2 is 1.79 bits per heavy atom. The second-order valence-electron chi connectivity index (χ2n) is 6.90. The minimum absolute atomic E-state index is 0.140. The second kappa shape index (κ2) is 9.59. The number of hydrogen-bond acceptors (Lipinski definition) is 4. The van der Waals surface area contributed by atoms with Crippen LogP contribution in [-0.2, 0) is 11.3 Å². The summed E-state index contributed by atoms with van der Waals surface area (Å²) in [5, 5.41) is 2.90. The number of aryl methyl sites for hydroxylation is 2. The van der Waals surface area contributed by atoms with Gasteiger partial charge >= 0.3 is 0 Å². The van der Waals surface area contributed by atoms with E-state index >= 15 is 0 Å². The molecule has 0 aliphatic carbocycles. The van der Waals surface area contributed by atoms with Gasteiger partial charge in [0.25, 0.3) is 5.91 Å². The molecule has 1 N–H and O–H groups in total. The van der Waals surface area contributed by atoms with E-state index in [9.17, 15) is 9.59 Å². The highest BCUT2D eigenvalue weighted by molar-refractivity contribution is 5.93. The summed E-state index contributed by atoms with van der Waals surface area (Å²) in [6, 6.07) is 15.5. The lowest BCUT2D eigenvalue weighted by Crippen LogP contribution is -2.34. The van der Waals surface area contributed by atoms with Crippen LogP contribution in [0.3, 0.4) is 0 Å². The first-order chi connectivity index (χ1) is 14.0. The van der Waals surface area contributed by atoms with Crippen molar-refractivity contribution in [2.24, 2.45) is 0 Å². The van der Waals surface area contributed by atoms with Crippen LogP contribution in [0, 0.1) is 13.8 Å². The van der Waals surface area contributed by atoms with E-state index < -0.39 is 0 Å². The summed E-state index contributed by atoms with van der Waals surface area (Å²) in [5.41, 5.74) is 4.29. The number of carbonyl (C=O) groups excluding carboxylic acids is 2. The van der Waals surface area contributed by atoms with Crippen molar-refractivity contribution >= 4 is 17.5 Å². The maximum absolute atomic E-state index is 12.9. The molecule has 0 saturated heterocycles. The average Bonchev–Trinajstić information content (AvgIpc) is 2.74. The molecule has 6 nitrogen and oxygen atoms in total. The van der Waals surface area contributed by atoms with Gasteiger partial charge in [0, 0.05) is 37.6 Å². The van der Waals surface area contributed by atoms with E-state index in [4.69, 9.17) is 0 Å². The monoisotopic (exact) mass is 388 g/mol. The quantitative estimate of drug-likeness (QED) is 0.669. The zero-order valence-corrected chi connectivity index (χ0v) is 16.6. The molecule has 148 valence electrons. The van der Waals surface area contributed by atoms with Crippen LogP contribution in [0.1, 0.15) is 33.6 Å². The van der Waals surface area contributed by atoms with Gasteiger partial charge in [-0.3, -0.25) is 14.6 Å². The van der Waals surface area contributed by atoms with Gasteiger partial charge in [-0.05, 0) is 42.7 Å². The van der Waals surface area contributed by atoms with Crippen molar-refractivity contribution in [3.05, 3.63) is 89.5 Å². The first kappa shape index (κ1) is 20.2. The van der Waals surface area contributed by atoms with Crippen LogP contribution in [0.25, 0.3) is 0 Å². The number of rotatable bonds is 7. The number of anilines is 1. The Kier molecular flexibility index (Phi) is 6.68. The second-order valence-corrected chi connectivity index (χ2v) is 6.90. The number of benzene rings is 2. The largest absolute Gasteiger partial charge is 0.332 e. The molecule has 3 rings (SSSR count). The Morgan fingerprint density at radius 3 is 2.48 bits per heavy atom. The van der Waals surface area contributed by atoms with E-state index in [1.165, 1.54) is 24.2 Å². The maximum atomic E-state index is 12.9. The maximum Gasteiger partial charge on any atom is 0.274 e. The van der Waals surface area contributed by atoms with Crippen LogP contribution in [0.15, 0.2) is 67.1 Å². The summed E-state index contributed by atoms with van der Waals surface area (Å²) in [7, 11) is 0. The summed E-state index contributed by atoms with van der Waals surface area (Å²) in [5.74, 6) is -0.390. The number of amides is 2. The van der Waals surface area contributed by atoms with E-state index in [0.717, 1.165) is 16.8 Å². The first-order valence-electron chi connectivity index (χ1n) is 9.49. The molecular weight excluding hydrogens is 364 g/mol. The zero-order valence-electron chi connectivity index (χ0n) is 16.6. The molecule has 0 atom stereocenters. The predicted molar refractivity (Wildman–Crippen MR) is 112 cm³/mol. The molecule has 0 unspecified atom stereocenters. The highest BCUT2D eigenvalue weighted by atomic mass is 16.2. The van der Waals surface area contributed by atoms with Crippen molar-refractivity contribution in [2.45, 2.75) is 26.8 Å². The fourth-order valence-electron chi connectivity index (χ4n) is 2.91. The molecule has 2 amide bonds. The summed E-state index contributed by atoms with van der Waals surface area (Å²) in [4.78, 5) is 35.0. The minimum atomic E-state index is -0.249. The standard InChI is InChI=1S/C23H24N4O2/c1-17-8-9-20(14-18(17)2)26-22(28)10-13-27(16-19-6-4-3-5-7-19)23(29)21-15-24-11-12-25-21/h3-9,11-12,14-15H,10,13,16H2,1-2H3,(H,26,28). The number of hydrogen-bond donors (Lipinski definition) is 1. The molecule has 0 fully saturated rings. The summed E-state index contributed by atoms with van der Waals surface area (Å²) in [6.07, 6.45) is 4.64. The van der Waals surface area contributed by atoms with Crippen molar-refractivity contribution in [2.75, 3.05) is 11.9 Å². The molecule has 6 heteroatoms. The summed E-state index contributed by atoms with van der Waals surface area (Å²) < 4.78 is 0. The van der Waals surface area contributed by atoms with E-state index in [-0.39, 0.29) is 30.5 Å². The lowest BCUT2D eigenvalue weighted by molar-refractivity contribution is -0.116. The van der Waals surface area contributed by atoms with Gasteiger partial charge in [-0.15, -0.1) is 0 Å². The average molecular weight is 388 g/mol. The van der Waals surface area contributed by atoms with Gasteiger partial charge in [0.05, 0.1) is 6.20 Å². The highest BCUT2D eigenvalue weighted by Gasteiger charge is 2.19. The molecule has 0 aliphatic heterocycles. The molecule has 0 spiro atoms. The fraction of sp³-hybridized carbons (Fsp3) is 0.217. The Morgan fingerprint density at radius 1 is 1.00 bits per heavy atom. The Bertz CT molecular complexity index is 975. The van der Waals surface area contributed by atoms with E-state index in [1.54, 1.807) is 4.90 Å². The molecule has 29 heavy (non-hydrogen) atoms. The Balaban J connectivity index is 1.68. The molecule has 1 aromatic heterocycles. The number of aromatic nitrogens is 2. The third-order valence-electron chi connectivity index (χ3n) is 4.69. The van der Waals surface area contributed by atoms with E-state index in [2.05, 4.69) is 15.3 Å². The summed E-state index contributed by atoms with van der Waals surface area (Å²) >= 11 is 0. The van der Waals surface area contributed by atoms with Crippen LogP contribution in [0.2, 0.25) is 0 Å². The normalized spacial score (nSPS) is 10.4. The topological polar surface area (TPSA) is 75.2 Å². The number of carbonyl (C=O) groups is 2. The minimum Gasteiger partial charge on any atom is -0.332 e. The van der Waals surface area contributed by atoms with Crippen LogP contribution >= 0.6 is 0 Å². The van der Waals surface area contributed by atoms with Gasteiger partial charge in [-0.25, -0.2) is 4.98 Å². The van der Waals surface area contributed by atoms with Gasteiger partial charge in [0.15, 0.2) is 0 Å². The molecule has 2 aromatic carbocycles. The molecule has 1 heterocycles. The van der Waals surface area contributed by atoms with Crippen molar-refractivity contribution in [3.63, 3.8) is 0 Å². The molecule has 0 aliphatic rings. The summed E-state index contributed by atoms with van der Waals surface area (Å²) in [6.45, 7) is 4.71. The smallest absolute Gasteiger partial charge is 0.274 e. The fourth-order valence-corrected chi connectivity index (χ4v) is 2.91. The van der Waals surface area contributed by atoms with Gasteiger partial charge in [-0.1, -0.05) is 36.4 Å². The van der Waals surface area contributed by atoms with Gasteiger partial charge in [0.2, 0.25) is 5.91 Å². The van der Waals surface area contributed by atoms with Gasteiger partial charge < -0.3 is 10.2 Å². The van der Waals surface area contributed by atoms with Gasteiger partial charge in [-0.2, -0.15) is 0 Å². The third-order valence-corrected chi connectivity index (χ3v) is 4.69. The van der Waals surface area contributed by atoms with Crippen molar-refractivity contribution in [1.82, 2.24) is 14.9 Å². The molecular formula is C23H24N4O2. The van der Waals surface area contributed by atoms with Crippen LogP contribution < -0.4 is 5.32 Å². The lowest BCUT2D eigenvalue weighted by atomic mass is 10.1. The van der Waals surface area contributed by atoms with E-state index in [1.807, 2.05) is 62.4 Å². The zero-order chi connectivity index (χ0) is 20.6. The van der Waals surface area contributed by atoms with Crippen molar-refractivity contribution in [1.29, 1.82) is 0 Å². The van der Waals surface area contributed by atoms with Crippen LogP contribution in [0.4, 0.5) is 5.69 Å². The molecule has 3 aromatic rings. The van der Waals surface area contributed by atoms with Crippen molar-refractivity contribution in [3.8, 4) is 0 Å². The first-order valence-corrected chi connectivity index (χ1v) is 9.49. The number of nitrogens with zero attached hydrogens (tertiary/aromatic N) is 3. The number of nitrogens with one attached hydrogen (secondary N) is 1. The SMILES string of the molecule is Cc1ccc(NC(=O)CCN(Cc2ccccc2)C(=O)c2cnccn2)cc1C. The van der Waals surface area contributed by atoms with E-state index in [0.29, 0.717) is 6.54 Å². The lowest BCUT2D eigenvalue weighted by Gasteiger charge is -2.22. The third kappa shape index (κ3) is 5.72. The van der Waals surface area contributed by atoms with Gasteiger partial charge in [0.1, 0.15) is 5.69 Å². The van der Waals surface area contributed by atoms with Crippen LogP contribution in [0.5, 0.6) is 0 Å². The highest BCUT2D eigenvalue weighted by Crippen LogP contribution is 2.15. The van der Waals surface area contributed by atoms with Crippen molar-refractivity contribution < 1.29 is 9.59 Å². The van der Waals surface area contributed by atoms with Crippen LogP contribution in [-0.4, -0.2) is 33.2 Å². The molecule has 0 bridgehead atoms. The molecule has 0 radical (unpaired) electrons. The predicted octanol–water partition coefficient (Wildman–Crippen LogP) is 3.76.